The maximum absolute atomic E-state index is 13.3. The summed E-state index contributed by atoms with van der Waals surface area (Å²) in [6.07, 6.45) is -6.43. The van der Waals surface area contributed by atoms with Crippen LogP contribution >= 0.6 is 0 Å². The number of ether oxygens (including phenoxy) is 1. The monoisotopic (exact) mass is 338 g/mol. The zero-order chi connectivity index (χ0) is 18.1. The smallest absolute Gasteiger partial charge is 0.428 e. The van der Waals surface area contributed by atoms with Gasteiger partial charge in [0.1, 0.15) is 11.6 Å². The Morgan fingerprint density at radius 3 is 2.30 bits per heavy atom. The first-order chi connectivity index (χ1) is 10.3. The molecule has 1 aromatic rings. The Morgan fingerprint density at radius 2 is 1.83 bits per heavy atom. The number of rotatable bonds is 5. The third-order valence-electron chi connectivity index (χ3n) is 3.47. The number of hydrogen-bond acceptors (Lipinski definition) is 4. The van der Waals surface area contributed by atoms with Crippen molar-refractivity contribution in [3.05, 3.63) is 29.6 Å². The molecule has 2 N–H and O–H groups in total. The molecule has 0 bridgehead atoms. The van der Waals surface area contributed by atoms with Crippen molar-refractivity contribution in [1.82, 2.24) is 0 Å². The van der Waals surface area contributed by atoms with E-state index >= 15 is 0 Å². The van der Waals surface area contributed by atoms with Gasteiger partial charge in [-0.3, -0.25) is 0 Å². The van der Waals surface area contributed by atoms with Crippen LogP contribution in [0.4, 0.5) is 17.6 Å². The number of carbonyl (C=O) groups is 1. The molecule has 4 nitrogen and oxygen atoms in total. The molecule has 0 amide bonds. The van der Waals surface area contributed by atoms with Gasteiger partial charge in [0.05, 0.1) is 6.61 Å². The van der Waals surface area contributed by atoms with E-state index in [1.165, 1.54) is 20.8 Å². The van der Waals surface area contributed by atoms with Gasteiger partial charge in [-0.25, -0.2) is 9.18 Å². The van der Waals surface area contributed by atoms with Gasteiger partial charge in [0.25, 0.3) is 5.60 Å². The third kappa shape index (κ3) is 3.93. The molecule has 1 unspecified atom stereocenters. The fraction of sp³-hybridized carbons (Fsp3) is 0.533. The minimum absolute atomic E-state index is 0.163. The topological polar surface area (TPSA) is 66.8 Å². The molecular weight excluding hydrogens is 320 g/mol. The molecule has 0 aliphatic heterocycles. The van der Waals surface area contributed by atoms with Gasteiger partial charge in [-0.15, -0.1) is 0 Å². The second kappa shape index (κ2) is 6.35. The largest absolute Gasteiger partial charge is 0.508 e. The Kier molecular flexibility index (Phi) is 5.30. The van der Waals surface area contributed by atoms with Crippen LogP contribution in [-0.4, -0.2) is 34.6 Å². The van der Waals surface area contributed by atoms with Crippen molar-refractivity contribution in [2.24, 2.45) is 0 Å². The van der Waals surface area contributed by atoms with Crippen molar-refractivity contribution in [3.63, 3.8) is 0 Å². The lowest BCUT2D eigenvalue weighted by molar-refractivity contribution is -0.268. The van der Waals surface area contributed by atoms with E-state index in [1.807, 2.05) is 0 Å². The van der Waals surface area contributed by atoms with Crippen LogP contribution in [0.5, 0.6) is 5.75 Å². The minimum atomic E-state index is -5.29. The fourth-order valence-corrected chi connectivity index (χ4v) is 2.32. The van der Waals surface area contributed by atoms with Gasteiger partial charge in [0.2, 0.25) is 0 Å². The van der Waals surface area contributed by atoms with Gasteiger partial charge in [0.15, 0.2) is 0 Å². The lowest BCUT2D eigenvalue weighted by Crippen LogP contribution is -2.55. The highest BCUT2D eigenvalue weighted by Crippen LogP contribution is 2.44. The molecule has 0 fully saturated rings. The van der Waals surface area contributed by atoms with Gasteiger partial charge in [-0.05, 0) is 30.5 Å². The second-order valence-corrected chi connectivity index (χ2v) is 5.80. The van der Waals surface area contributed by atoms with E-state index in [2.05, 4.69) is 4.74 Å². The van der Waals surface area contributed by atoms with Crippen molar-refractivity contribution in [2.75, 3.05) is 6.61 Å². The summed E-state index contributed by atoms with van der Waals surface area (Å²) in [6.45, 7) is 3.45. The lowest BCUT2D eigenvalue weighted by Gasteiger charge is -2.36. The van der Waals surface area contributed by atoms with Crippen LogP contribution in [0.3, 0.4) is 0 Å². The number of hydrogen-bond donors (Lipinski definition) is 2. The van der Waals surface area contributed by atoms with Crippen LogP contribution in [0.25, 0.3) is 0 Å². The third-order valence-corrected chi connectivity index (χ3v) is 3.47. The van der Waals surface area contributed by atoms with E-state index in [0.717, 1.165) is 18.2 Å². The highest BCUT2D eigenvalue weighted by Gasteiger charge is 2.62. The number of alkyl halides is 3. The summed E-state index contributed by atoms with van der Waals surface area (Å²) >= 11 is 0. The van der Waals surface area contributed by atoms with Crippen molar-refractivity contribution in [3.8, 4) is 5.75 Å². The van der Waals surface area contributed by atoms with Crippen molar-refractivity contribution in [2.45, 2.75) is 44.4 Å². The molecule has 0 aliphatic rings. The van der Waals surface area contributed by atoms with Crippen molar-refractivity contribution < 1.29 is 37.3 Å². The molecule has 23 heavy (non-hydrogen) atoms. The Hall–Kier alpha value is -1.83. The van der Waals surface area contributed by atoms with E-state index in [-0.39, 0.29) is 12.2 Å². The molecule has 0 heterocycles. The minimum Gasteiger partial charge on any atom is -0.508 e. The molecule has 130 valence electrons. The molecule has 0 aromatic heterocycles. The van der Waals surface area contributed by atoms with Crippen molar-refractivity contribution >= 4 is 5.97 Å². The molecule has 0 saturated heterocycles. The quantitative estimate of drug-likeness (QED) is 0.640. The number of halogens is 4. The number of phenolic OH excluding ortho intramolecular Hbond substituents is 1. The standard InChI is InChI=1S/C15H18F4O4/c1-4-23-12(21)14(22,15(17,18)19)8-13(2,3)10-7-9(16)5-6-11(10)20/h5-7,20,22H,4,8H2,1-3H3. The summed E-state index contributed by atoms with van der Waals surface area (Å²) in [5, 5.41) is 19.7. The Labute approximate surface area is 130 Å². The zero-order valence-corrected chi connectivity index (χ0v) is 12.9. The average molecular weight is 338 g/mol. The SMILES string of the molecule is CCOC(=O)C(O)(CC(C)(C)c1cc(F)ccc1O)C(F)(F)F. The number of esters is 1. The first kappa shape index (κ1) is 19.2. The van der Waals surface area contributed by atoms with Crippen LogP contribution in [0.1, 0.15) is 32.8 Å². The predicted octanol–water partition coefficient (Wildman–Crippen LogP) is 3.06. The summed E-state index contributed by atoms with van der Waals surface area (Å²) in [7, 11) is 0. The molecule has 0 saturated carbocycles. The van der Waals surface area contributed by atoms with E-state index in [0.29, 0.717) is 0 Å². The van der Waals surface area contributed by atoms with E-state index in [4.69, 9.17) is 0 Å². The number of benzene rings is 1. The van der Waals surface area contributed by atoms with Crippen LogP contribution in [0.15, 0.2) is 18.2 Å². The van der Waals surface area contributed by atoms with Gasteiger partial charge >= 0.3 is 12.1 Å². The van der Waals surface area contributed by atoms with Gasteiger partial charge in [-0.2, -0.15) is 13.2 Å². The molecular formula is C15H18F4O4. The van der Waals surface area contributed by atoms with Gasteiger partial charge in [-0.1, -0.05) is 13.8 Å². The Morgan fingerprint density at radius 1 is 1.26 bits per heavy atom. The highest BCUT2D eigenvalue weighted by atomic mass is 19.4. The maximum atomic E-state index is 13.3. The highest BCUT2D eigenvalue weighted by molar-refractivity contribution is 5.80. The van der Waals surface area contributed by atoms with E-state index in [1.54, 1.807) is 0 Å². The molecule has 0 radical (unpaired) electrons. The molecule has 1 aromatic carbocycles. The summed E-state index contributed by atoms with van der Waals surface area (Å²) in [6, 6.07) is 2.79. The Balaban J connectivity index is 3.31. The number of carbonyl (C=O) groups excluding carboxylic acids is 1. The maximum Gasteiger partial charge on any atom is 0.428 e. The fourth-order valence-electron chi connectivity index (χ4n) is 2.32. The normalized spacial score (nSPS) is 15.1. The predicted molar refractivity (Wildman–Crippen MR) is 73.3 cm³/mol. The summed E-state index contributed by atoms with van der Waals surface area (Å²) in [5.74, 6) is -3.04. The lowest BCUT2D eigenvalue weighted by atomic mass is 9.74. The average Bonchev–Trinajstić information content (AvgIpc) is 2.39. The molecule has 8 heteroatoms. The van der Waals surface area contributed by atoms with Gasteiger partial charge < -0.3 is 14.9 Å². The van der Waals surface area contributed by atoms with E-state index < -0.39 is 41.1 Å². The number of aliphatic hydroxyl groups is 1. The van der Waals surface area contributed by atoms with E-state index in [9.17, 15) is 32.6 Å². The summed E-state index contributed by atoms with van der Waals surface area (Å²) < 4.78 is 57.3. The molecule has 1 rings (SSSR count). The molecule has 0 spiro atoms. The first-order valence-electron chi connectivity index (χ1n) is 6.80. The number of aromatic hydroxyl groups is 1. The molecule has 0 aliphatic carbocycles. The van der Waals surface area contributed by atoms with Crippen LogP contribution < -0.4 is 0 Å². The summed E-state index contributed by atoms with van der Waals surface area (Å²) in [5.41, 5.74) is -5.50. The van der Waals surface area contributed by atoms with Crippen molar-refractivity contribution in [1.29, 1.82) is 0 Å². The zero-order valence-electron chi connectivity index (χ0n) is 12.9. The first-order valence-corrected chi connectivity index (χ1v) is 6.80. The summed E-state index contributed by atoms with van der Waals surface area (Å²) in [4.78, 5) is 11.6. The van der Waals surface area contributed by atoms with Gasteiger partial charge in [0, 0.05) is 12.0 Å². The van der Waals surface area contributed by atoms with Crippen LogP contribution in [-0.2, 0) is 14.9 Å². The Bertz CT molecular complexity index is 583. The molecule has 1 atom stereocenters. The van der Waals surface area contributed by atoms with Crippen LogP contribution in [0.2, 0.25) is 0 Å². The number of phenols is 1. The van der Waals surface area contributed by atoms with Crippen LogP contribution in [0, 0.1) is 5.82 Å². The second-order valence-electron chi connectivity index (χ2n) is 5.80.